The van der Waals surface area contributed by atoms with Gasteiger partial charge in [-0.3, -0.25) is 0 Å². The third-order valence-electron chi connectivity index (χ3n) is 4.43. The minimum Gasteiger partial charge on any atom is -0.462 e. The summed E-state index contributed by atoms with van der Waals surface area (Å²) in [6.45, 7) is 2.18. The second-order valence-electron chi connectivity index (χ2n) is 6.09. The highest BCUT2D eigenvalue weighted by atomic mass is 16.5. The lowest BCUT2D eigenvalue weighted by Crippen LogP contribution is -2.04. The van der Waals surface area contributed by atoms with Gasteiger partial charge in [-0.05, 0) is 36.2 Å². The van der Waals surface area contributed by atoms with Crippen LogP contribution in [0.2, 0.25) is 0 Å². The number of ether oxygens (including phenoxy) is 1. The SMILES string of the molecule is CCOC(=O)c1cccc(-c2c(-c3ccccc3)[nH]c3ccccc23)c1. The van der Waals surface area contributed by atoms with Crippen molar-refractivity contribution in [2.45, 2.75) is 6.92 Å². The molecule has 3 nitrogen and oxygen atoms in total. The normalized spacial score (nSPS) is 10.8. The lowest BCUT2D eigenvalue weighted by molar-refractivity contribution is 0.0526. The van der Waals surface area contributed by atoms with Crippen molar-refractivity contribution in [2.75, 3.05) is 6.61 Å². The van der Waals surface area contributed by atoms with Crippen LogP contribution in [0.25, 0.3) is 33.3 Å². The van der Waals surface area contributed by atoms with Gasteiger partial charge in [-0.2, -0.15) is 0 Å². The summed E-state index contributed by atoms with van der Waals surface area (Å²) < 4.78 is 5.16. The number of rotatable bonds is 4. The van der Waals surface area contributed by atoms with E-state index in [1.54, 1.807) is 6.07 Å². The van der Waals surface area contributed by atoms with E-state index in [0.717, 1.165) is 33.3 Å². The first-order valence-corrected chi connectivity index (χ1v) is 8.71. The molecule has 0 fully saturated rings. The van der Waals surface area contributed by atoms with Crippen LogP contribution < -0.4 is 0 Å². The van der Waals surface area contributed by atoms with Gasteiger partial charge < -0.3 is 9.72 Å². The van der Waals surface area contributed by atoms with E-state index in [-0.39, 0.29) is 5.97 Å². The van der Waals surface area contributed by atoms with Crippen molar-refractivity contribution in [3.63, 3.8) is 0 Å². The van der Waals surface area contributed by atoms with Crippen molar-refractivity contribution in [1.29, 1.82) is 0 Å². The Bertz CT molecular complexity index is 1060. The maximum absolute atomic E-state index is 12.2. The zero-order valence-corrected chi connectivity index (χ0v) is 14.5. The van der Waals surface area contributed by atoms with Crippen LogP contribution in [-0.4, -0.2) is 17.6 Å². The molecule has 0 bridgehead atoms. The zero-order valence-electron chi connectivity index (χ0n) is 14.5. The molecule has 1 heterocycles. The summed E-state index contributed by atoms with van der Waals surface area (Å²) in [6, 6.07) is 26.1. The molecule has 4 aromatic rings. The summed E-state index contributed by atoms with van der Waals surface area (Å²) in [5.41, 5.74) is 5.88. The van der Waals surface area contributed by atoms with Gasteiger partial charge in [0.25, 0.3) is 0 Å². The van der Waals surface area contributed by atoms with Crippen molar-refractivity contribution in [3.8, 4) is 22.4 Å². The molecule has 128 valence electrons. The number of aromatic nitrogens is 1. The zero-order chi connectivity index (χ0) is 17.9. The van der Waals surface area contributed by atoms with Gasteiger partial charge in [0.1, 0.15) is 0 Å². The largest absolute Gasteiger partial charge is 0.462 e. The number of hydrogen-bond acceptors (Lipinski definition) is 2. The van der Waals surface area contributed by atoms with E-state index in [2.05, 4.69) is 29.2 Å². The van der Waals surface area contributed by atoms with E-state index in [0.29, 0.717) is 12.2 Å². The molecule has 0 amide bonds. The standard InChI is InChI=1S/C23H19NO2/c1-2-26-23(25)18-12-8-11-17(15-18)21-19-13-6-7-14-20(19)24-22(21)16-9-4-3-5-10-16/h3-15,24H,2H2,1H3. The first kappa shape index (κ1) is 16.2. The van der Waals surface area contributed by atoms with Crippen molar-refractivity contribution < 1.29 is 9.53 Å². The lowest BCUT2D eigenvalue weighted by atomic mass is 9.97. The van der Waals surface area contributed by atoms with Crippen LogP contribution in [0.3, 0.4) is 0 Å². The molecule has 4 rings (SSSR count). The number of carbonyl (C=O) groups is 1. The summed E-state index contributed by atoms with van der Waals surface area (Å²) in [5.74, 6) is -0.296. The molecule has 0 aliphatic heterocycles. The fraction of sp³-hybridized carbons (Fsp3) is 0.0870. The lowest BCUT2D eigenvalue weighted by Gasteiger charge is -2.08. The predicted molar refractivity (Wildman–Crippen MR) is 105 cm³/mol. The predicted octanol–water partition coefficient (Wildman–Crippen LogP) is 5.68. The fourth-order valence-electron chi connectivity index (χ4n) is 3.28. The molecule has 26 heavy (non-hydrogen) atoms. The topological polar surface area (TPSA) is 42.1 Å². The van der Waals surface area contributed by atoms with Gasteiger partial charge >= 0.3 is 5.97 Å². The minimum absolute atomic E-state index is 0.296. The Morgan fingerprint density at radius 1 is 0.885 bits per heavy atom. The smallest absolute Gasteiger partial charge is 0.338 e. The third kappa shape index (κ3) is 2.88. The number of para-hydroxylation sites is 1. The van der Waals surface area contributed by atoms with Gasteiger partial charge in [-0.25, -0.2) is 4.79 Å². The van der Waals surface area contributed by atoms with Crippen LogP contribution in [-0.2, 0) is 4.74 Å². The molecule has 0 aliphatic carbocycles. The second kappa shape index (κ2) is 6.89. The second-order valence-corrected chi connectivity index (χ2v) is 6.09. The van der Waals surface area contributed by atoms with Gasteiger partial charge in [0.2, 0.25) is 0 Å². The molecule has 3 heteroatoms. The molecule has 0 spiro atoms. The number of carbonyl (C=O) groups excluding carboxylic acids is 1. The number of hydrogen-bond donors (Lipinski definition) is 1. The maximum Gasteiger partial charge on any atom is 0.338 e. The first-order valence-electron chi connectivity index (χ1n) is 8.71. The molecule has 0 saturated carbocycles. The highest BCUT2D eigenvalue weighted by Crippen LogP contribution is 2.38. The van der Waals surface area contributed by atoms with Crippen LogP contribution in [0.1, 0.15) is 17.3 Å². The van der Waals surface area contributed by atoms with Crippen LogP contribution in [0.4, 0.5) is 0 Å². The summed E-state index contributed by atoms with van der Waals surface area (Å²) >= 11 is 0. The Labute approximate surface area is 152 Å². The maximum atomic E-state index is 12.2. The average Bonchev–Trinajstić information content (AvgIpc) is 3.08. The molecule has 3 aromatic carbocycles. The van der Waals surface area contributed by atoms with E-state index < -0.39 is 0 Å². The molecule has 1 aromatic heterocycles. The third-order valence-corrected chi connectivity index (χ3v) is 4.43. The fourth-order valence-corrected chi connectivity index (χ4v) is 3.28. The molecule has 1 N–H and O–H groups in total. The minimum atomic E-state index is -0.296. The Hall–Kier alpha value is -3.33. The number of aromatic amines is 1. The highest BCUT2D eigenvalue weighted by Gasteiger charge is 2.16. The highest BCUT2D eigenvalue weighted by molar-refractivity contribution is 6.04. The summed E-state index contributed by atoms with van der Waals surface area (Å²) in [4.78, 5) is 15.7. The quantitative estimate of drug-likeness (QED) is 0.485. The van der Waals surface area contributed by atoms with E-state index in [9.17, 15) is 4.79 Å². The summed E-state index contributed by atoms with van der Waals surface area (Å²) in [5, 5.41) is 1.13. The van der Waals surface area contributed by atoms with Gasteiger partial charge in [0, 0.05) is 16.5 Å². The van der Waals surface area contributed by atoms with Crippen LogP contribution in [0.15, 0.2) is 78.9 Å². The molecule has 0 aliphatic rings. The first-order chi connectivity index (χ1) is 12.8. The van der Waals surface area contributed by atoms with Gasteiger partial charge in [0.05, 0.1) is 17.9 Å². The molecule has 0 unspecified atom stereocenters. The number of H-pyrrole nitrogens is 1. The van der Waals surface area contributed by atoms with Gasteiger partial charge in [-0.15, -0.1) is 0 Å². The Kier molecular flexibility index (Phi) is 4.28. The van der Waals surface area contributed by atoms with Gasteiger partial charge in [0.15, 0.2) is 0 Å². The molecule has 0 atom stereocenters. The van der Waals surface area contributed by atoms with Gasteiger partial charge in [-0.1, -0.05) is 60.7 Å². The van der Waals surface area contributed by atoms with E-state index >= 15 is 0 Å². The Morgan fingerprint density at radius 3 is 2.42 bits per heavy atom. The van der Waals surface area contributed by atoms with E-state index in [1.807, 2.05) is 55.5 Å². The monoisotopic (exact) mass is 341 g/mol. The Balaban J connectivity index is 1.94. The number of fused-ring (bicyclic) bond motifs is 1. The van der Waals surface area contributed by atoms with Crippen LogP contribution >= 0.6 is 0 Å². The van der Waals surface area contributed by atoms with Crippen molar-refractivity contribution >= 4 is 16.9 Å². The molecular weight excluding hydrogens is 322 g/mol. The Morgan fingerprint density at radius 2 is 1.62 bits per heavy atom. The summed E-state index contributed by atoms with van der Waals surface area (Å²) in [7, 11) is 0. The van der Waals surface area contributed by atoms with Crippen molar-refractivity contribution in [1.82, 2.24) is 4.98 Å². The summed E-state index contributed by atoms with van der Waals surface area (Å²) in [6.07, 6.45) is 0. The van der Waals surface area contributed by atoms with Crippen molar-refractivity contribution in [2.24, 2.45) is 0 Å². The number of esters is 1. The number of benzene rings is 3. The molecule has 0 saturated heterocycles. The average molecular weight is 341 g/mol. The van der Waals surface area contributed by atoms with Crippen LogP contribution in [0, 0.1) is 0 Å². The van der Waals surface area contributed by atoms with E-state index in [1.165, 1.54) is 0 Å². The van der Waals surface area contributed by atoms with E-state index in [4.69, 9.17) is 4.74 Å². The number of nitrogens with one attached hydrogen (secondary N) is 1. The van der Waals surface area contributed by atoms with Crippen LogP contribution in [0.5, 0.6) is 0 Å². The molecular formula is C23H19NO2. The van der Waals surface area contributed by atoms with Crippen molar-refractivity contribution in [3.05, 3.63) is 84.4 Å². The molecule has 0 radical (unpaired) electrons.